The van der Waals surface area contributed by atoms with Crippen LogP contribution in [0.15, 0.2) is 70.5 Å². The van der Waals surface area contributed by atoms with Crippen molar-refractivity contribution in [2.45, 2.75) is 9.79 Å². The van der Waals surface area contributed by atoms with Gasteiger partial charge in [-0.05, 0) is 60.7 Å². The molecule has 2 fully saturated rings. The van der Waals surface area contributed by atoms with Gasteiger partial charge in [-0.25, -0.2) is 16.8 Å². The maximum atomic E-state index is 13.0. The highest BCUT2D eigenvalue weighted by molar-refractivity contribution is 7.93. The molecule has 20 heteroatoms. The van der Waals surface area contributed by atoms with Crippen LogP contribution in [-0.4, -0.2) is 97.6 Å². The SMILES string of the molecule is COc1ccc(S(=O)(=O)Nc2cc(Cl)cc(Cl)c2OC)cc1N1CCNCC1.COc1ccc(S(=O)(=O)Nc2cc(Cl)cc(Cl)c2OC)cc1N1CCNCC1. The molecule has 14 nitrogen and oxygen atoms in total. The van der Waals surface area contributed by atoms with Gasteiger partial charge in [0, 0.05) is 62.4 Å². The van der Waals surface area contributed by atoms with Gasteiger partial charge in [-0.3, -0.25) is 9.44 Å². The molecule has 6 rings (SSSR count). The number of sulfonamides is 2. The summed E-state index contributed by atoms with van der Waals surface area (Å²) >= 11 is 24.2. The maximum Gasteiger partial charge on any atom is 0.262 e. The Bertz CT molecular complexity index is 2080. The Balaban J connectivity index is 0.000000214. The van der Waals surface area contributed by atoms with E-state index < -0.39 is 20.0 Å². The number of rotatable bonds is 12. The number of piperazine rings is 2. The van der Waals surface area contributed by atoms with Crippen molar-refractivity contribution in [2.75, 3.05) is 100 Å². The van der Waals surface area contributed by atoms with Gasteiger partial charge in [-0.1, -0.05) is 46.4 Å². The van der Waals surface area contributed by atoms with Gasteiger partial charge in [0.15, 0.2) is 11.5 Å². The molecular formula is C36H42Cl4N6O8S2. The first-order valence-electron chi connectivity index (χ1n) is 17.1. The summed E-state index contributed by atoms with van der Waals surface area (Å²) in [5.74, 6) is 1.63. The molecule has 2 aliphatic rings. The second kappa shape index (κ2) is 19.1. The van der Waals surface area contributed by atoms with E-state index in [2.05, 4.69) is 29.9 Å². The van der Waals surface area contributed by atoms with Crippen LogP contribution in [0.3, 0.4) is 0 Å². The molecule has 4 aromatic carbocycles. The molecule has 0 spiro atoms. The third-order valence-electron chi connectivity index (χ3n) is 8.75. The number of nitrogens with zero attached hydrogens (tertiary/aromatic N) is 2. The zero-order valence-electron chi connectivity index (χ0n) is 30.9. The highest BCUT2D eigenvalue weighted by atomic mass is 35.5. The highest BCUT2D eigenvalue weighted by Crippen LogP contribution is 2.40. The maximum absolute atomic E-state index is 13.0. The van der Waals surface area contributed by atoms with Crippen molar-refractivity contribution in [1.29, 1.82) is 0 Å². The minimum absolute atomic E-state index is 0.0972. The average molecular weight is 893 g/mol. The molecule has 0 bridgehead atoms. The first-order chi connectivity index (χ1) is 26.7. The number of hydrogen-bond acceptors (Lipinski definition) is 12. The smallest absolute Gasteiger partial charge is 0.262 e. The molecule has 2 aliphatic heterocycles. The topological polar surface area (TPSA) is 160 Å². The van der Waals surface area contributed by atoms with Crippen molar-refractivity contribution in [3.8, 4) is 23.0 Å². The Morgan fingerprint density at radius 3 is 1.21 bits per heavy atom. The monoisotopic (exact) mass is 890 g/mol. The van der Waals surface area contributed by atoms with Crippen molar-refractivity contribution < 1.29 is 35.8 Å². The molecule has 0 aromatic heterocycles. The van der Waals surface area contributed by atoms with Crippen LogP contribution in [0.5, 0.6) is 23.0 Å². The number of methoxy groups -OCH3 is 4. The number of anilines is 4. The number of hydrogen-bond donors (Lipinski definition) is 4. The minimum Gasteiger partial charge on any atom is -0.495 e. The van der Waals surface area contributed by atoms with Crippen LogP contribution in [0.1, 0.15) is 0 Å². The molecule has 304 valence electrons. The van der Waals surface area contributed by atoms with E-state index in [4.69, 9.17) is 65.4 Å². The van der Waals surface area contributed by atoms with Crippen LogP contribution in [0.2, 0.25) is 20.1 Å². The van der Waals surface area contributed by atoms with Gasteiger partial charge in [0.1, 0.15) is 11.5 Å². The Labute approximate surface area is 347 Å². The standard InChI is InChI=1S/2C18H21Cl2N3O4S/c2*1-26-17-4-3-13(11-16(17)23-7-5-21-6-8-23)28(24,25)22-15-10-12(19)9-14(20)18(15)27-2/h2*3-4,9-11,21-22H,5-8H2,1-2H3. The number of nitrogens with one attached hydrogen (secondary N) is 4. The van der Waals surface area contributed by atoms with E-state index in [9.17, 15) is 16.8 Å². The van der Waals surface area contributed by atoms with Crippen LogP contribution in [0.4, 0.5) is 22.7 Å². The third kappa shape index (κ3) is 10.4. The van der Waals surface area contributed by atoms with Crippen molar-refractivity contribution in [1.82, 2.24) is 10.6 Å². The normalized spacial score (nSPS) is 14.6. The van der Waals surface area contributed by atoms with Crippen molar-refractivity contribution in [2.24, 2.45) is 0 Å². The largest absolute Gasteiger partial charge is 0.495 e. The van der Waals surface area contributed by atoms with E-state index >= 15 is 0 Å². The summed E-state index contributed by atoms with van der Waals surface area (Å²) in [6, 6.07) is 15.3. The highest BCUT2D eigenvalue weighted by Gasteiger charge is 2.25. The van der Waals surface area contributed by atoms with E-state index in [0.29, 0.717) is 21.5 Å². The number of ether oxygens (including phenoxy) is 4. The quantitative estimate of drug-likeness (QED) is 0.124. The zero-order valence-corrected chi connectivity index (χ0v) is 35.6. The van der Waals surface area contributed by atoms with E-state index in [1.165, 1.54) is 50.6 Å². The van der Waals surface area contributed by atoms with Crippen LogP contribution < -0.4 is 48.8 Å². The summed E-state index contributed by atoms with van der Waals surface area (Å²) in [6.45, 7) is 6.28. The zero-order chi connectivity index (χ0) is 40.6. The second-order valence-corrected chi connectivity index (χ2v) is 17.3. The second-order valence-electron chi connectivity index (χ2n) is 12.3. The lowest BCUT2D eigenvalue weighted by molar-refractivity contribution is 0.412. The molecule has 0 unspecified atom stereocenters. The number of benzene rings is 4. The third-order valence-corrected chi connectivity index (χ3v) is 12.5. The fourth-order valence-corrected chi connectivity index (χ4v) is 9.36. The van der Waals surface area contributed by atoms with Crippen LogP contribution in [0, 0.1) is 0 Å². The Hall–Kier alpha value is -3.74. The van der Waals surface area contributed by atoms with Crippen molar-refractivity contribution in [3.63, 3.8) is 0 Å². The first kappa shape index (κ1) is 43.4. The lowest BCUT2D eigenvalue weighted by Crippen LogP contribution is -2.43. The summed E-state index contributed by atoms with van der Waals surface area (Å²) in [4.78, 5) is 4.37. The molecule has 2 saturated heterocycles. The Morgan fingerprint density at radius 2 is 0.893 bits per heavy atom. The summed E-state index contributed by atoms with van der Waals surface area (Å²) in [7, 11) is -1.89. The minimum atomic E-state index is -3.91. The lowest BCUT2D eigenvalue weighted by Gasteiger charge is -2.30. The van der Waals surface area contributed by atoms with E-state index in [-0.39, 0.29) is 42.7 Å². The van der Waals surface area contributed by atoms with Gasteiger partial charge in [0.25, 0.3) is 20.0 Å². The molecular weight excluding hydrogens is 850 g/mol. The Morgan fingerprint density at radius 1 is 0.536 bits per heavy atom. The van der Waals surface area contributed by atoms with Crippen molar-refractivity contribution >= 4 is 89.2 Å². The van der Waals surface area contributed by atoms with Gasteiger partial charge in [0.2, 0.25) is 0 Å². The summed E-state index contributed by atoms with van der Waals surface area (Å²) in [5.41, 5.74) is 1.78. The fourth-order valence-electron chi connectivity index (χ4n) is 6.07. The van der Waals surface area contributed by atoms with Gasteiger partial charge >= 0.3 is 0 Å². The lowest BCUT2D eigenvalue weighted by atomic mass is 10.2. The molecule has 0 radical (unpaired) electrons. The van der Waals surface area contributed by atoms with Gasteiger partial charge in [-0.15, -0.1) is 0 Å². The predicted octanol–water partition coefficient (Wildman–Crippen LogP) is 6.44. The molecule has 0 atom stereocenters. The van der Waals surface area contributed by atoms with Gasteiger partial charge in [-0.2, -0.15) is 0 Å². The molecule has 0 aliphatic carbocycles. The fraction of sp³-hybridized carbons (Fsp3) is 0.333. The van der Waals surface area contributed by atoms with Gasteiger partial charge < -0.3 is 39.4 Å². The molecule has 0 amide bonds. The summed E-state index contributed by atoms with van der Waals surface area (Å²) in [6.07, 6.45) is 0. The predicted molar refractivity (Wildman–Crippen MR) is 224 cm³/mol. The summed E-state index contributed by atoms with van der Waals surface area (Å²) < 4.78 is 78.3. The van der Waals surface area contributed by atoms with Crippen LogP contribution in [0.25, 0.3) is 0 Å². The van der Waals surface area contributed by atoms with Gasteiger partial charge in [0.05, 0.1) is 71.0 Å². The van der Waals surface area contributed by atoms with Crippen LogP contribution >= 0.6 is 46.4 Å². The first-order valence-corrected chi connectivity index (χ1v) is 21.6. The van der Waals surface area contributed by atoms with E-state index in [1.54, 1.807) is 38.5 Å². The average Bonchev–Trinajstić information content (AvgIpc) is 3.17. The molecule has 56 heavy (non-hydrogen) atoms. The number of halogens is 4. The molecule has 0 saturated carbocycles. The Kier molecular flexibility index (Phi) is 14.8. The van der Waals surface area contributed by atoms with Crippen molar-refractivity contribution in [3.05, 3.63) is 80.8 Å². The molecule has 2 heterocycles. The van der Waals surface area contributed by atoms with E-state index in [1.807, 2.05) is 0 Å². The molecule has 4 aromatic rings. The summed E-state index contributed by atoms with van der Waals surface area (Å²) in [5, 5.41) is 7.55. The molecule has 4 N–H and O–H groups in total. The van der Waals surface area contributed by atoms with E-state index in [0.717, 1.165) is 63.7 Å². The van der Waals surface area contributed by atoms with Crippen LogP contribution in [-0.2, 0) is 20.0 Å².